The first-order chi connectivity index (χ1) is 12.4. The van der Waals surface area contributed by atoms with E-state index in [9.17, 15) is 0 Å². The van der Waals surface area contributed by atoms with Gasteiger partial charge in [0.15, 0.2) is 0 Å². The molecule has 0 aliphatic carbocycles. The van der Waals surface area contributed by atoms with E-state index in [2.05, 4.69) is 48.1 Å². The number of aryl methyl sites for hydroxylation is 3. The van der Waals surface area contributed by atoms with Crippen LogP contribution in [-0.2, 0) is 0 Å². The van der Waals surface area contributed by atoms with Crippen LogP contribution in [0.1, 0.15) is 16.7 Å². The summed E-state index contributed by atoms with van der Waals surface area (Å²) in [6.45, 7) is 6.21. The van der Waals surface area contributed by atoms with E-state index in [0.29, 0.717) is 4.77 Å². The second-order valence-electron chi connectivity index (χ2n) is 6.62. The minimum atomic E-state index is 0.522. The Morgan fingerprint density at radius 1 is 1.00 bits per heavy atom. The summed E-state index contributed by atoms with van der Waals surface area (Å²) in [5.74, 6) is 0. The monoisotopic (exact) mass is 379 g/mol. The maximum Gasteiger partial charge on any atom is 0.205 e. The number of hydrogen-bond donors (Lipinski definition) is 1. The molecule has 3 nitrogen and oxygen atoms in total. The highest BCUT2D eigenvalue weighted by Crippen LogP contribution is 2.30. The minimum Gasteiger partial charge on any atom is -0.339 e. The van der Waals surface area contributed by atoms with Crippen molar-refractivity contribution < 1.29 is 0 Å². The van der Waals surface area contributed by atoms with E-state index in [-0.39, 0.29) is 0 Å². The molecule has 0 bridgehead atoms. The second kappa shape index (κ2) is 6.38. The Hall–Kier alpha value is -2.43. The molecular weight excluding hydrogens is 362 g/mol. The first kappa shape index (κ1) is 17.0. The molecule has 0 radical (unpaired) electrons. The van der Waals surface area contributed by atoms with E-state index in [0.717, 1.165) is 38.6 Å². The van der Waals surface area contributed by atoms with Crippen molar-refractivity contribution in [2.75, 3.05) is 0 Å². The first-order valence-electron chi connectivity index (χ1n) is 8.38. The van der Waals surface area contributed by atoms with Crippen molar-refractivity contribution in [2.45, 2.75) is 20.8 Å². The maximum atomic E-state index is 6.32. The van der Waals surface area contributed by atoms with Crippen LogP contribution in [0.3, 0.4) is 0 Å². The Kier molecular flexibility index (Phi) is 4.17. The Morgan fingerprint density at radius 2 is 1.81 bits per heavy atom. The van der Waals surface area contributed by atoms with E-state index in [1.54, 1.807) is 6.20 Å². The first-order valence-corrected chi connectivity index (χ1v) is 9.17. The molecule has 5 heteroatoms. The number of hydrogen-bond acceptors (Lipinski definition) is 2. The number of aromatic amines is 1. The summed E-state index contributed by atoms with van der Waals surface area (Å²) in [5, 5.41) is 0.740. The van der Waals surface area contributed by atoms with Crippen LogP contribution in [0.15, 0.2) is 48.8 Å². The van der Waals surface area contributed by atoms with Crippen LogP contribution in [0.4, 0.5) is 0 Å². The van der Waals surface area contributed by atoms with Crippen molar-refractivity contribution in [3.05, 3.63) is 75.3 Å². The van der Waals surface area contributed by atoms with Crippen LogP contribution in [0.2, 0.25) is 5.02 Å². The summed E-state index contributed by atoms with van der Waals surface area (Å²) in [5.41, 5.74) is 8.58. The third-order valence-corrected chi connectivity index (χ3v) is 5.38. The quantitative estimate of drug-likeness (QED) is 0.414. The fraction of sp³-hybridized carbons (Fsp3) is 0.143. The molecule has 0 fully saturated rings. The third-order valence-electron chi connectivity index (χ3n) is 4.67. The van der Waals surface area contributed by atoms with Crippen LogP contribution >= 0.6 is 23.8 Å². The summed E-state index contributed by atoms with van der Waals surface area (Å²) in [6, 6.07) is 12.5. The van der Waals surface area contributed by atoms with Crippen molar-refractivity contribution >= 4 is 29.5 Å². The molecule has 2 aromatic carbocycles. The van der Waals surface area contributed by atoms with Crippen molar-refractivity contribution in [3.63, 3.8) is 0 Å². The van der Waals surface area contributed by atoms with Crippen LogP contribution in [-0.4, -0.2) is 14.4 Å². The van der Waals surface area contributed by atoms with E-state index < -0.39 is 0 Å². The van der Waals surface area contributed by atoms with E-state index in [1.165, 1.54) is 11.1 Å². The standard InChI is InChI=1S/C21H18ClN3S/c1-12-4-7-16(14(3)8-12)19-11-25-20(24-19)17(10-23-21(25)26)15-6-5-13(2)18(22)9-15/h4-11,24H,1-3H3. The lowest BCUT2D eigenvalue weighted by molar-refractivity contribution is 1.06. The number of H-pyrrole nitrogens is 1. The zero-order chi connectivity index (χ0) is 18.4. The SMILES string of the molecule is Cc1ccc(-c2cn3c(=S)ncc(-c4ccc(C)c(Cl)c4)c3[nH]2)c(C)c1. The van der Waals surface area contributed by atoms with Gasteiger partial charge in [-0.1, -0.05) is 47.5 Å². The fourth-order valence-corrected chi connectivity index (χ4v) is 3.61. The van der Waals surface area contributed by atoms with Crippen molar-refractivity contribution in [1.82, 2.24) is 14.4 Å². The fourth-order valence-electron chi connectivity index (χ4n) is 3.23. The van der Waals surface area contributed by atoms with Gasteiger partial charge in [-0.05, 0) is 55.7 Å². The summed E-state index contributed by atoms with van der Waals surface area (Å²) >= 11 is 11.8. The lowest BCUT2D eigenvalue weighted by atomic mass is 10.0. The van der Waals surface area contributed by atoms with Gasteiger partial charge < -0.3 is 4.98 Å². The number of fused-ring (bicyclic) bond motifs is 1. The molecule has 0 saturated carbocycles. The highest BCUT2D eigenvalue weighted by Gasteiger charge is 2.12. The molecule has 0 atom stereocenters. The number of aromatic nitrogens is 3. The van der Waals surface area contributed by atoms with Gasteiger partial charge in [0.25, 0.3) is 0 Å². The molecule has 0 aliphatic rings. The smallest absolute Gasteiger partial charge is 0.205 e. The lowest BCUT2D eigenvalue weighted by Crippen LogP contribution is -1.93. The predicted octanol–water partition coefficient (Wildman–Crippen LogP) is 6.30. The summed E-state index contributed by atoms with van der Waals surface area (Å²) in [4.78, 5) is 7.92. The van der Waals surface area contributed by atoms with Gasteiger partial charge in [0.2, 0.25) is 4.77 Å². The number of rotatable bonds is 2. The maximum absolute atomic E-state index is 6.32. The van der Waals surface area contributed by atoms with Gasteiger partial charge in [-0.15, -0.1) is 0 Å². The molecule has 0 spiro atoms. The largest absolute Gasteiger partial charge is 0.339 e. The Bertz CT molecular complexity index is 1200. The molecular formula is C21H18ClN3S. The molecule has 1 N–H and O–H groups in total. The van der Waals surface area contributed by atoms with Gasteiger partial charge in [0.1, 0.15) is 5.65 Å². The van der Waals surface area contributed by atoms with E-state index in [1.807, 2.05) is 29.7 Å². The highest BCUT2D eigenvalue weighted by atomic mass is 35.5. The number of halogens is 1. The predicted molar refractivity (Wildman–Crippen MR) is 110 cm³/mol. The molecule has 4 rings (SSSR count). The normalized spacial score (nSPS) is 11.2. The number of imidazole rings is 1. The third kappa shape index (κ3) is 2.85. The zero-order valence-electron chi connectivity index (χ0n) is 14.8. The Balaban J connectivity index is 1.96. The lowest BCUT2D eigenvalue weighted by Gasteiger charge is -2.06. The number of nitrogens with zero attached hydrogens (tertiary/aromatic N) is 2. The average molecular weight is 380 g/mol. The summed E-state index contributed by atoms with van der Waals surface area (Å²) in [6.07, 6.45) is 3.82. The van der Waals surface area contributed by atoms with Gasteiger partial charge in [0.05, 0.1) is 5.69 Å². The number of nitrogens with one attached hydrogen (secondary N) is 1. The van der Waals surface area contributed by atoms with Crippen LogP contribution in [0, 0.1) is 25.5 Å². The molecule has 2 aromatic heterocycles. The van der Waals surface area contributed by atoms with E-state index >= 15 is 0 Å². The van der Waals surface area contributed by atoms with Crippen LogP contribution in [0.5, 0.6) is 0 Å². The number of benzene rings is 2. The minimum absolute atomic E-state index is 0.522. The molecule has 0 amide bonds. The van der Waals surface area contributed by atoms with Gasteiger partial charge in [-0.2, -0.15) is 0 Å². The second-order valence-corrected chi connectivity index (χ2v) is 7.40. The Morgan fingerprint density at radius 3 is 2.54 bits per heavy atom. The molecule has 0 aliphatic heterocycles. The van der Waals surface area contributed by atoms with Gasteiger partial charge in [-0.25, -0.2) is 4.98 Å². The summed E-state index contributed by atoms with van der Waals surface area (Å²) < 4.78 is 2.45. The average Bonchev–Trinajstić information content (AvgIpc) is 3.03. The molecule has 4 aromatic rings. The van der Waals surface area contributed by atoms with Crippen molar-refractivity contribution in [3.8, 4) is 22.4 Å². The highest BCUT2D eigenvalue weighted by molar-refractivity contribution is 7.71. The molecule has 0 unspecified atom stereocenters. The van der Waals surface area contributed by atoms with Crippen LogP contribution < -0.4 is 0 Å². The van der Waals surface area contributed by atoms with Crippen molar-refractivity contribution in [2.24, 2.45) is 0 Å². The van der Waals surface area contributed by atoms with Crippen molar-refractivity contribution in [1.29, 1.82) is 0 Å². The molecule has 130 valence electrons. The van der Waals surface area contributed by atoms with E-state index in [4.69, 9.17) is 23.8 Å². The zero-order valence-corrected chi connectivity index (χ0v) is 16.4. The molecule has 0 saturated heterocycles. The molecule has 2 heterocycles. The van der Waals surface area contributed by atoms with Gasteiger partial charge in [0, 0.05) is 28.5 Å². The van der Waals surface area contributed by atoms with Gasteiger partial charge >= 0.3 is 0 Å². The summed E-state index contributed by atoms with van der Waals surface area (Å²) in [7, 11) is 0. The van der Waals surface area contributed by atoms with Gasteiger partial charge in [-0.3, -0.25) is 4.40 Å². The van der Waals surface area contributed by atoms with Crippen LogP contribution in [0.25, 0.3) is 28.0 Å². The Labute approximate surface area is 162 Å². The molecule has 26 heavy (non-hydrogen) atoms. The topological polar surface area (TPSA) is 33.1 Å².